The van der Waals surface area contributed by atoms with Crippen LogP contribution >= 0.6 is 0 Å². The average molecular weight is 138 g/mol. The molecule has 0 aromatic heterocycles. The molecule has 0 atom stereocenters. The molecule has 0 amide bonds. The van der Waals surface area contributed by atoms with Crippen molar-refractivity contribution >= 4 is 0 Å². The maximum absolute atomic E-state index is 2.40. The Kier molecular flexibility index (Phi) is 2.18. The highest BCUT2D eigenvalue weighted by Crippen LogP contribution is 2.41. The van der Waals surface area contributed by atoms with Crippen LogP contribution < -0.4 is 0 Å². The molecule has 0 aromatic rings. The Balaban J connectivity index is 2.36. The largest absolute Gasteiger partial charge is 0.0854 e. The Morgan fingerprint density at radius 3 is 2.20 bits per heavy atom. The maximum atomic E-state index is 2.40. The maximum Gasteiger partial charge on any atom is -0.0146 e. The number of allylic oxidation sites excluding steroid dienone is 2. The average Bonchev–Trinajstić information content (AvgIpc) is 1.79. The van der Waals surface area contributed by atoms with E-state index in [0.29, 0.717) is 5.41 Å². The van der Waals surface area contributed by atoms with Gasteiger partial charge in [-0.15, -0.1) is 0 Å². The smallest absolute Gasteiger partial charge is 0.0146 e. The second-order valence-electron chi connectivity index (χ2n) is 4.11. The monoisotopic (exact) mass is 138 g/mol. The van der Waals surface area contributed by atoms with E-state index in [2.05, 4.69) is 32.9 Å². The summed E-state index contributed by atoms with van der Waals surface area (Å²) in [4.78, 5) is 0. The topological polar surface area (TPSA) is 0 Å². The minimum absolute atomic E-state index is 0.574. The zero-order chi connectivity index (χ0) is 7.61. The highest BCUT2D eigenvalue weighted by atomic mass is 14.3. The van der Waals surface area contributed by atoms with Crippen molar-refractivity contribution in [3.8, 4) is 0 Å². The summed E-state index contributed by atoms with van der Waals surface area (Å²) in [6, 6.07) is 0. The third-order valence-corrected chi connectivity index (χ3v) is 2.38. The van der Waals surface area contributed by atoms with Gasteiger partial charge in [0.1, 0.15) is 0 Å². The molecule has 0 aromatic carbocycles. The van der Waals surface area contributed by atoms with Gasteiger partial charge < -0.3 is 0 Å². The van der Waals surface area contributed by atoms with E-state index in [1.165, 1.54) is 19.3 Å². The number of hydrogen-bond donors (Lipinski definition) is 0. The molecule has 1 aliphatic rings. The van der Waals surface area contributed by atoms with Gasteiger partial charge in [-0.1, -0.05) is 39.3 Å². The van der Waals surface area contributed by atoms with E-state index < -0.39 is 0 Å². The fourth-order valence-corrected chi connectivity index (χ4v) is 1.33. The van der Waals surface area contributed by atoms with E-state index in [1.807, 2.05) is 0 Å². The van der Waals surface area contributed by atoms with Gasteiger partial charge in [0.05, 0.1) is 0 Å². The summed E-state index contributed by atoms with van der Waals surface area (Å²) >= 11 is 0. The van der Waals surface area contributed by atoms with E-state index in [9.17, 15) is 0 Å². The molecule has 1 fully saturated rings. The van der Waals surface area contributed by atoms with E-state index in [1.54, 1.807) is 0 Å². The fourth-order valence-electron chi connectivity index (χ4n) is 1.33. The van der Waals surface area contributed by atoms with Gasteiger partial charge in [-0.3, -0.25) is 0 Å². The van der Waals surface area contributed by atoms with Crippen LogP contribution in [0.4, 0.5) is 0 Å². The van der Waals surface area contributed by atoms with Gasteiger partial charge in [0.15, 0.2) is 0 Å². The SMILES string of the molecule is CC(C)C=CC1(C)CCC1. The Hall–Kier alpha value is -0.260. The van der Waals surface area contributed by atoms with Crippen molar-refractivity contribution in [3.63, 3.8) is 0 Å². The van der Waals surface area contributed by atoms with Gasteiger partial charge in [-0.2, -0.15) is 0 Å². The Bertz CT molecular complexity index is 127. The third kappa shape index (κ3) is 1.86. The highest BCUT2D eigenvalue weighted by Gasteiger charge is 2.28. The zero-order valence-electron chi connectivity index (χ0n) is 7.35. The van der Waals surface area contributed by atoms with E-state index in [-0.39, 0.29) is 0 Å². The molecule has 1 aliphatic carbocycles. The second-order valence-corrected chi connectivity index (χ2v) is 4.11. The van der Waals surface area contributed by atoms with Crippen LogP contribution in [-0.4, -0.2) is 0 Å². The second kappa shape index (κ2) is 2.77. The molecule has 0 bridgehead atoms. The quantitative estimate of drug-likeness (QED) is 0.513. The molecular weight excluding hydrogens is 120 g/mol. The molecule has 0 N–H and O–H groups in total. The van der Waals surface area contributed by atoms with Gasteiger partial charge in [-0.05, 0) is 24.2 Å². The predicted octanol–water partition coefficient (Wildman–Crippen LogP) is 3.39. The minimum Gasteiger partial charge on any atom is -0.0854 e. The molecule has 0 nitrogen and oxygen atoms in total. The third-order valence-electron chi connectivity index (χ3n) is 2.38. The van der Waals surface area contributed by atoms with Crippen LogP contribution in [0, 0.1) is 11.3 Å². The molecule has 10 heavy (non-hydrogen) atoms. The van der Waals surface area contributed by atoms with Crippen molar-refractivity contribution in [1.29, 1.82) is 0 Å². The molecular formula is C10H18. The normalized spacial score (nSPS) is 23.6. The van der Waals surface area contributed by atoms with Crippen molar-refractivity contribution in [1.82, 2.24) is 0 Å². The first-order chi connectivity index (χ1) is 4.62. The molecule has 0 aliphatic heterocycles. The first-order valence-corrected chi connectivity index (χ1v) is 4.32. The van der Waals surface area contributed by atoms with Crippen molar-refractivity contribution in [2.75, 3.05) is 0 Å². The van der Waals surface area contributed by atoms with Crippen LogP contribution in [0.25, 0.3) is 0 Å². The van der Waals surface area contributed by atoms with E-state index in [0.717, 1.165) is 5.92 Å². The number of hydrogen-bond acceptors (Lipinski definition) is 0. The van der Waals surface area contributed by atoms with Gasteiger partial charge in [0, 0.05) is 0 Å². The Labute approximate surface area is 64.3 Å². The van der Waals surface area contributed by atoms with Crippen LogP contribution in [-0.2, 0) is 0 Å². The molecule has 0 spiro atoms. The fraction of sp³-hybridized carbons (Fsp3) is 0.800. The predicted molar refractivity (Wildman–Crippen MR) is 45.9 cm³/mol. The lowest BCUT2D eigenvalue weighted by Gasteiger charge is -2.35. The summed E-state index contributed by atoms with van der Waals surface area (Å²) in [6.07, 6.45) is 8.96. The summed E-state index contributed by atoms with van der Waals surface area (Å²) in [7, 11) is 0. The van der Waals surface area contributed by atoms with Crippen LogP contribution in [0.15, 0.2) is 12.2 Å². The molecule has 0 unspecified atom stereocenters. The van der Waals surface area contributed by atoms with Gasteiger partial charge in [-0.25, -0.2) is 0 Å². The summed E-state index contributed by atoms with van der Waals surface area (Å²) in [5.41, 5.74) is 0.574. The van der Waals surface area contributed by atoms with Crippen LogP contribution in [0.1, 0.15) is 40.0 Å². The molecule has 0 saturated heterocycles. The van der Waals surface area contributed by atoms with E-state index >= 15 is 0 Å². The summed E-state index contributed by atoms with van der Waals surface area (Å²) in [5.74, 6) is 0.720. The van der Waals surface area contributed by atoms with Gasteiger partial charge >= 0.3 is 0 Å². The number of rotatable bonds is 2. The lowest BCUT2D eigenvalue weighted by Crippen LogP contribution is -2.22. The Morgan fingerprint density at radius 2 is 1.90 bits per heavy atom. The molecule has 0 heteroatoms. The lowest BCUT2D eigenvalue weighted by atomic mass is 9.70. The molecule has 1 saturated carbocycles. The Morgan fingerprint density at radius 1 is 1.30 bits per heavy atom. The molecule has 1 rings (SSSR count). The van der Waals surface area contributed by atoms with Crippen molar-refractivity contribution in [2.24, 2.45) is 11.3 Å². The minimum atomic E-state index is 0.574. The van der Waals surface area contributed by atoms with E-state index in [4.69, 9.17) is 0 Å². The standard InChI is InChI=1S/C10H18/c1-9(2)5-8-10(3)6-4-7-10/h5,8-9H,4,6-7H2,1-3H3. The van der Waals surface area contributed by atoms with Crippen molar-refractivity contribution < 1.29 is 0 Å². The van der Waals surface area contributed by atoms with Crippen LogP contribution in [0.3, 0.4) is 0 Å². The van der Waals surface area contributed by atoms with Crippen molar-refractivity contribution in [3.05, 3.63) is 12.2 Å². The molecule has 0 heterocycles. The molecule has 58 valence electrons. The first kappa shape index (κ1) is 7.84. The van der Waals surface area contributed by atoms with Gasteiger partial charge in [0.2, 0.25) is 0 Å². The molecule has 0 radical (unpaired) electrons. The lowest BCUT2D eigenvalue weighted by molar-refractivity contribution is 0.233. The summed E-state index contributed by atoms with van der Waals surface area (Å²) in [6.45, 7) is 6.83. The van der Waals surface area contributed by atoms with Crippen LogP contribution in [0.2, 0.25) is 0 Å². The highest BCUT2D eigenvalue weighted by molar-refractivity contribution is 5.02. The first-order valence-electron chi connectivity index (χ1n) is 4.32. The van der Waals surface area contributed by atoms with Gasteiger partial charge in [0.25, 0.3) is 0 Å². The zero-order valence-corrected chi connectivity index (χ0v) is 7.35. The summed E-state index contributed by atoms with van der Waals surface area (Å²) in [5, 5.41) is 0. The van der Waals surface area contributed by atoms with Crippen molar-refractivity contribution in [2.45, 2.75) is 40.0 Å². The van der Waals surface area contributed by atoms with Crippen LogP contribution in [0.5, 0.6) is 0 Å². The summed E-state index contributed by atoms with van der Waals surface area (Å²) < 4.78 is 0.